The van der Waals surface area contributed by atoms with Crippen LogP contribution in [0, 0.1) is 0 Å². The molecular weight excluding hydrogens is 294 g/mol. The van der Waals surface area contributed by atoms with Crippen LogP contribution in [0.15, 0.2) is 59.6 Å². The normalized spacial score (nSPS) is 12.8. The topological polar surface area (TPSA) is 58.6 Å². The van der Waals surface area contributed by atoms with E-state index in [0.29, 0.717) is 11.5 Å². The summed E-state index contributed by atoms with van der Waals surface area (Å²) in [5, 5.41) is 2.17. The van der Waals surface area contributed by atoms with Crippen molar-refractivity contribution in [1.29, 1.82) is 0 Å². The first-order valence-electron chi connectivity index (χ1n) is 6.90. The smallest absolute Gasteiger partial charge is 0.178 e. The average molecular weight is 307 g/mol. The highest BCUT2D eigenvalue weighted by Crippen LogP contribution is 2.30. The van der Waals surface area contributed by atoms with E-state index in [1.165, 1.54) is 0 Å². The SMILES string of the molecule is CS(=O)c1cc2ccccc2cc1-c1nc2ncccc2[nH]1. The van der Waals surface area contributed by atoms with E-state index in [-0.39, 0.29) is 0 Å². The molecule has 4 rings (SSSR count). The van der Waals surface area contributed by atoms with Crippen molar-refractivity contribution in [2.45, 2.75) is 4.90 Å². The maximum Gasteiger partial charge on any atom is 0.178 e. The van der Waals surface area contributed by atoms with Crippen molar-refractivity contribution in [3.63, 3.8) is 0 Å². The number of benzene rings is 2. The van der Waals surface area contributed by atoms with Gasteiger partial charge in [-0.2, -0.15) is 0 Å². The number of nitrogens with zero attached hydrogens (tertiary/aromatic N) is 2. The summed E-state index contributed by atoms with van der Waals surface area (Å²) >= 11 is 0. The number of aromatic nitrogens is 3. The molecule has 1 unspecified atom stereocenters. The molecule has 0 aliphatic carbocycles. The summed E-state index contributed by atoms with van der Waals surface area (Å²) in [6, 6.07) is 15.8. The lowest BCUT2D eigenvalue weighted by molar-refractivity contribution is 0.687. The standard InChI is InChI=1S/C17H13N3OS/c1-22(21)15-10-12-6-3-2-5-11(12)9-13(15)16-19-14-7-4-8-18-17(14)20-16/h2-10H,1H3,(H,18,19,20). The first-order valence-corrected chi connectivity index (χ1v) is 8.45. The van der Waals surface area contributed by atoms with Gasteiger partial charge in [0.2, 0.25) is 0 Å². The van der Waals surface area contributed by atoms with E-state index >= 15 is 0 Å². The zero-order valence-electron chi connectivity index (χ0n) is 11.9. The first kappa shape index (κ1) is 13.2. The van der Waals surface area contributed by atoms with E-state index in [1.807, 2.05) is 48.5 Å². The minimum absolute atomic E-state index is 0.665. The number of hydrogen-bond acceptors (Lipinski definition) is 3. The van der Waals surface area contributed by atoms with Crippen LogP contribution in [0.3, 0.4) is 0 Å². The maximum absolute atomic E-state index is 12.2. The number of imidazole rings is 1. The lowest BCUT2D eigenvalue weighted by Crippen LogP contribution is -1.94. The van der Waals surface area contributed by atoms with Gasteiger partial charge in [0.05, 0.1) is 21.2 Å². The zero-order chi connectivity index (χ0) is 15.1. The van der Waals surface area contributed by atoms with Gasteiger partial charge in [-0.25, -0.2) is 9.97 Å². The van der Waals surface area contributed by atoms with Crippen LogP contribution in [-0.2, 0) is 10.8 Å². The Morgan fingerprint density at radius 1 is 1.05 bits per heavy atom. The second-order valence-corrected chi connectivity index (χ2v) is 6.46. The van der Waals surface area contributed by atoms with Gasteiger partial charge in [0.15, 0.2) is 5.65 Å². The van der Waals surface area contributed by atoms with E-state index in [4.69, 9.17) is 0 Å². The molecule has 0 saturated heterocycles. The number of H-pyrrole nitrogens is 1. The Morgan fingerprint density at radius 3 is 2.55 bits per heavy atom. The Labute approximate surface area is 129 Å². The predicted molar refractivity (Wildman–Crippen MR) is 89.2 cm³/mol. The Kier molecular flexibility index (Phi) is 3.01. The van der Waals surface area contributed by atoms with Gasteiger partial charge >= 0.3 is 0 Å². The molecular formula is C17H13N3OS. The molecule has 1 atom stereocenters. The van der Waals surface area contributed by atoms with Gasteiger partial charge in [-0.3, -0.25) is 4.21 Å². The van der Waals surface area contributed by atoms with Crippen molar-refractivity contribution in [1.82, 2.24) is 15.0 Å². The Bertz CT molecular complexity index is 990. The van der Waals surface area contributed by atoms with E-state index in [9.17, 15) is 4.21 Å². The fourth-order valence-corrected chi connectivity index (χ4v) is 3.37. The molecule has 22 heavy (non-hydrogen) atoms. The van der Waals surface area contributed by atoms with E-state index < -0.39 is 10.8 Å². The highest BCUT2D eigenvalue weighted by molar-refractivity contribution is 7.84. The van der Waals surface area contributed by atoms with Gasteiger partial charge < -0.3 is 4.98 Å². The van der Waals surface area contributed by atoms with Crippen molar-refractivity contribution in [2.24, 2.45) is 0 Å². The number of nitrogens with one attached hydrogen (secondary N) is 1. The quantitative estimate of drug-likeness (QED) is 0.616. The minimum Gasteiger partial charge on any atom is -0.337 e. The van der Waals surface area contributed by atoms with Crippen molar-refractivity contribution in [2.75, 3.05) is 6.26 Å². The average Bonchev–Trinajstić information content (AvgIpc) is 2.97. The van der Waals surface area contributed by atoms with Gasteiger partial charge in [0.1, 0.15) is 5.82 Å². The predicted octanol–water partition coefficient (Wildman–Crippen LogP) is 3.52. The fourth-order valence-electron chi connectivity index (χ4n) is 2.61. The number of fused-ring (bicyclic) bond motifs is 2. The van der Waals surface area contributed by atoms with E-state index in [1.54, 1.807) is 12.5 Å². The number of rotatable bonds is 2. The molecule has 0 saturated carbocycles. The summed E-state index contributed by atoms with van der Waals surface area (Å²) < 4.78 is 12.2. The number of hydrogen-bond donors (Lipinski definition) is 1. The summed E-state index contributed by atoms with van der Waals surface area (Å²) in [4.78, 5) is 12.8. The molecule has 5 heteroatoms. The monoisotopic (exact) mass is 307 g/mol. The summed E-state index contributed by atoms with van der Waals surface area (Å²) in [7, 11) is -1.10. The molecule has 4 aromatic rings. The molecule has 0 amide bonds. The number of aromatic amines is 1. The Balaban J connectivity index is 2.03. The highest BCUT2D eigenvalue weighted by Gasteiger charge is 2.14. The largest absolute Gasteiger partial charge is 0.337 e. The first-order chi connectivity index (χ1) is 10.7. The molecule has 0 radical (unpaired) electrons. The van der Waals surface area contributed by atoms with E-state index in [0.717, 1.165) is 26.7 Å². The van der Waals surface area contributed by atoms with Crippen molar-refractivity contribution in [3.8, 4) is 11.4 Å². The van der Waals surface area contributed by atoms with Crippen LogP contribution in [0.4, 0.5) is 0 Å². The molecule has 2 aromatic carbocycles. The molecule has 4 nitrogen and oxygen atoms in total. The van der Waals surface area contributed by atoms with Crippen LogP contribution in [0.2, 0.25) is 0 Å². The summed E-state index contributed by atoms with van der Waals surface area (Å²) in [6.07, 6.45) is 3.40. The van der Waals surface area contributed by atoms with Crippen LogP contribution in [-0.4, -0.2) is 25.4 Å². The molecule has 0 bridgehead atoms. The van der Waals surface area contributed by atoms with Gasteiger partial charge in [-0.05, 0) is 35.0 Å². The van der Waals surface area contributed by atoms with Gasteiger partial charge in [0.25, 0.3) is 0 Å². The van der Waals surface area contributed by atoms with Crippen LogP contribution in [0.1, 0.15) is 0 Å². The fraction of sp³-hybridized carbons (Fsp3) is 0.0588. The van der Waals surface area contributed by atoms with Crippen LogP contribution >= 0.6 is 0 Å². The highest BCUT2D eigenvalue weighted by atomic mass is 32.2. The molecule has 2 heterocycles. The zero-order valence-corrected chi connectivity index (χ0v) is 12.7. The molecule has 108 valence electrons. The summed E-state index contributed by atoms with van der Waals surface area (Å²) in [5.74, 6) is 0.699. The van der Waals surface area contributed by atoms with Gasteiger partial charge in [-0.15, -0.1) is 0 Å². The second-order valence-electron chi connectivity index (χ2n) is 5.11. The maximum atomic E-state index is 12.2. The lowest BCUT2D eigenvalue weighted by atomic mass is 10.1. The Hall–Kier alpha value is -2.53. The third kappa shape index (κ3) is 2.10. The van der Waals surface area contributed by atoms with Crippen molar-refractivity contribution < 1.29 is 4.21 Å². The summed E-state index contributed by atoms with van der Waals surface area (Å²) in [6.45, 7) is 0. The summed E-state index contributed by atoms with van der Waals surface area (Å²) in [5.41, 5.74) is 2.40. The van der Waals surface area contributed by atoms with Crippen LogP contribution in [0.5, 0.6) is 0 Å². The molecule has 0 spiro atoms. The molecule has 0 aliphatic heterocycles. The third-order valence-corrected chi connectivity index (χ3v) is 4.63. The van der Waals surface area contributed by atoms with E-state index in [2.05, 4.69) is 15.0 Å². The van der Waals surface area contributed by atoms with Gasteiger partial charge in [-0.1, -0.05) is 24.3 Å². The third-order valence-electron chi connectivity index (χ3n) is 3.67. The minimum atomic E-state index is -1.10. The van der Waals surface area contributed by atoms with Crippen LogP contribution in [0.25, 0.3) is 33.3 Å². The van der Waals surface area contributed by atoms with Crippen molar-refractivity contribution in [3.05, 3.63) is 54.7 Å². The number of pyridine rings is 1. The molecule has 1 N–H and O–H groups in total. The van der Waals surface area contributed by atoms with Gasteiger partial charge in [0, 0.05) is 18.0 Å². The van der Waals surface area contributed by atoms with Crippen LogP contribution < -0.4 is 0 Å². The second kappa shape index (κ2) is 5.03. The lowest BCUT2D eigenvalue weighted by Gasteiger charge is -2.07. The Morgan fingerprint density at radius 2 is 1.82 bits per heavy atom. The van der Waals surface area contributed by atoms with Crippen molar-refractivity contribution >= 4 is 32.7 Å². The molecule has 2 aromatic heterocycles. The molecule has 0 aliphatic rings. The molecule has 0 fully saturated rings.